The first-order chi connectivity index (χ1) is 18.9. The maximum absolute atomic E-state index is 13.8. The average molecular weight is 591 g/mol. The minimum atomic E-state index is -4.08. The van der Waals surface area contributed by atoms with Crippen molar-refractivity contribution in [3.63, 3.8) is 0 Å². The number of nitrogens with one attached hydrogen (secondary N) is 1. The predicted molar refractivity (Wildman–Crippen MR) is 162 cm³/mol. The zero-order chi connectivity index (χ0) is 29.8. The number of nitrogens with zero attached hydrogens (tertiary/aromatic N) is 5. The van der Waals surface area contributed by atoms with Gasteiger partial charge in [0.15, 0.2) is 0 Å². The van der Waals surface area contributed by atoms with Crippen LogP contribution in [0.5, 0.6) is 11.5 Å². The Hall–Kier alpha value is -3.16. The van der Waals surface area contributed by atoms with E-state index in [-0.39, 0.29) is 17.8 Å². The smallest absolute Gasteiger partial charge is 0.243 e. The second kappa shape index (κ2) is 13.0. The molecule has 11 nitrogen and oxygen atoms in total. The molecular formula is C27H38N6O5S2. The fourth-order valence-corrected chi connectivity index (χ4v) is 5.67. The fourth-order valence-electron chi connectivity index (χ4n) is 4.42. The normalized spacial score (nSPS) is 19.9. The van der Waals surface area contributed by atoms with Gasteiger partial charge in [0.25, 0.3) is 0 Å². The van der Waals surface area contributed by atoms with Crippen molar-refractivity contribution in [2.45, 2.75) is 58.8 Å². The number of para-hydroxylation sites is 1. The molecule has 2 heterocycles. The number of ether oxygens (including phenoxy) is 3. The summed E-state index contributed by atoms with van der Waals surface area (Å²) in [6.45, 7) is 10.9. The highest BCUT2D eigenvalue weighted by molar-refractivity contribution is 7.93. The molecule has 4 atom stereocenters. The number of benzene rings is 1. The van der Waals surface area contributed by atoms with Gasteiger partial charge in [-0.15, -0.1) is 22.8 Å². The molecule has 0 spiro atoms. The van der Waals surface area contributed by atoms with Crippen LogP contribution in [-0.2, 0) is 14.8 Å². The standard InChI is InChI=1S/C27H38N6O5S2/c1-15-13-28-14-21(16(15)2)26-30-31-27(33(26)24-22(36-7)11-10-12-23(24)37-8)32-40(34,35)20(6)25(38-9)18(4)29-17(3)19(5)39/h10-14,16,20-21,25,39H,1-9H3,(H,31,32)/b19-17-,29-18?/t16?,20-,21?,25-/m1/s1. The molecule has 0 amide bonds. The summed E-state index contributed by atoms with van der Waals surface area (Å²) in [5.41, 5.74) is 2.68. The van der Waals surface area contributed by atoms with E-state index in [0.29, 0.717) is 34.4 Å². The Labute approximate surface area is 241 Å². The Balaban J connectivity index is 2.16. The molecule has 40 heavy (non-hydrogen) atoms. The number of aromatic nitrogens is 3. The molecule has 1 aliphatic rings. The highest BCUT2D eigenvalue weighted by atomic mass is 32.2. The minimum Gasteiger partial charge on any atom is -0.494 e. The topological polar surface area (TPSA) is 129 Å². The third-order valence-electron chi connectivity index (χ3n) is 7.08. The Morgan fingerprint density at radius 1 is 1.12 bits per heavy atom. The molecule has 1 aliphatic heterocycles. The first-order valence-electron chi connectivity index (χ1n) is 12.7. The van der Waals surface area contributed by atoms with Gasteiger partial charge in [-0.3, -0.25) is 19.3 Å². The molecule has 0 saturated carbocycles. The van der Waals surface area contributed by atoms with Crippen molar-refractivity contribution in [3.8, 4) is 17.2 Å². The van der Waals surface area contributed by atoms with Crippen molar-refractivity contribution in [1.82, 2.24) is 14.8 Å². The Kier molecular flexibility index (Phi) is 10.2. The van der Waals surface area contributed by atoms with Gasteiger partial charge in [0.2, 0.25) is 16.0 Å². The maximum atomic E-state index is 13.8. The van der Waals surface area contributed by atoms with Crippen LogP contribution >= 0.6 is 12.6 Å². The van der Waals surface area contributed by atoms with Gasteiger partial charge in [-0.05, 0) is 57.6 Å². The number of rotatable bonds is 11. The summed E-state index contributed by atoms with van der Waals surface area (Å²) >= 11 is 4.33. The minimum absolute atomic E-state index is 0.0239. The lowest BCUT2D eigenvalue weighted by atomic mass is 9.87. The molecule has 1 aromatic heterocycles. The number of anilines is 1. The molecule has 1 aromatic carbocycles. The van der Waals surface area contributed by atoms with E-state index >= 15 is 0 Å². The molecule has 1 N–H and O–H groups in total. The molecule has 218 valence electrons. The van der Waals surface area contributed by atoms with E-state index in [0.717, 1.165) is 10.5 Å². The van der Waals surface area contributed by atoms with E-state index < -0.39 is 21.4 Å². The summed E-state index contributed by atoms with van der Waals surface area (Å²) in [5.74, 6) is 1.09. The van der Waals surface area contributed by atoms with Crippen LogP contribution in [0.25, 0.3) is 5.69 Å². The molecule has 0 bridgehead atoms. The van der Waals surface area contributed by atoms with Crippen LogP contribution in [0.15, 0.2) is 50.6 Å². The van der Waals surface area contributed by atoms with E-state index in [2.05, 4.69) is 44.5 Å². The van der Waals surface area contributed by atoms with Gasteiger partial charge in [0.05, 0.1) is 20.1 Å². The zero-order valence-corrected chi connectivity index (χ0v) is 26.0. The van der Waals surface area contributed by atoms with Crippen LogP contribution in [-0.4, -0.2) is 67.8 Å². The first-order valence-corrected chi connectivity index (χ1v) is 14.7. The summed E-state index contributed by atoms with van der Waals surface area (Å²) in [4.78, 5) is 9.60. The molecule has 0 radical (unpaired) electrons. The van der Waals surface area contributed by atoms with E-state index in [1.165, 1.54) is 21.3 Å². The summed E-state index contributed by atoms with van der Waals surface area (Å²) in [6, 6.07) is 5.29. The van der Waals surface area contributed by atoms with E-state index in [1.807, 2.05) is 13.8 Å². The monoisotopic (exact) mass is 590 g/mol. The lowest BCUT2D eigenvalue weighted by Gasteiger charge is -2.26. The second-order valence-corrected chi connectivity index (χ2v) is 12.4. The number of hydrogen-bond donors (Lipinski definition) is 2. The Bertz CT molecular complexity index is 1440. The molecule has 3 rings (SSSR count). The third kappa shape index (κ3) is 6.42. The molecule has 0 fully saturated rings. The van der Waals surface area contributed by atoms with Crippen molar-refractivity contribution in [2.75, 3.05) is 26.1 Å². The molecule has 0 aliphatic carbocycles. The van der Waals surface area contributed by atoms with Crippen LogP contribution in [0.3, 0.4) is 0 Å². The second-order valence-electron chi connectivity index (χ2n) is 9.65. The molecular weight excluding hydrogens is 552 g/mol. The molecule has 2 unspecified atom stereocenters. The van der Waals surface area contributed by atoms with Crippen molar-refractivity contribution < 1.29 is 22.6 Å². The number of hydrogen-bond acceptors (Lipinski definition) is 10. The summed E-state index contributed by atoms with van der Waals surface area (Å²) in [6.07, 6.45) is 2.74. The van der Waals surface area contributed by atoms with Gasteiger partial charge in [-0.2, -0.15) is 0 Å². The van der Waals surface area contributed by atoms with Crippen molar-refractivity contribution >= 4 is 40.5 Å². The number of sulfonamides is 1. The Morgan fingerprint density at radius 3 is 2.30 bits per heavy atom. The van der Waals surface area contributed by atoms with Gasteiger partial charge in [0.1, 0.15) is 34.4 Å². The van der Waals surface area contributed by atoms with Gasteiger partial charge >= 0.3 is 0 Å². The summed E-state index contributed by atoms with van der Waals surface area (Å²) < 4.78 is 48.7. The zero-order valence-electron chi connectivity index (χ0n) is 24.3. The quantitative estimate of drug-likeness (QED) is 0.285. The van der Waals surface area contributed by atoms with Crippen LogP contribution in [0.4, 0.5) is 5.95 Å². The number of allylic oxidation sites excluding steroid dienone is 3. The van der Waals surface area contributed by atoms with Crippen molar-refractivity contribution in [1.29, 1.82) is 0 Å². The first kappa shape index (κ1) is 31.4. The van der Waals surface area contributed by atoms with Gasteiger partial charge in [-0.25, -0.2) is 8.42 Å². The molecule has 13 heteroatoms. The number of methoxy groups -OCH3 is 3. The molecule has 0 saturated heterocycles. The number of thiol groups is 1. The van der Waals surface area contributed by atoms with E-state index in [9.17, 15) is 8.42 Å². The van der Waals surface area contributed by atoms with Gasteiger partial charge in [0, 0.05) is 30.9 Å². The Morgan fingerprint density at radius 2 is 1.75 bits per heavy atom. The summed E-state index contributed by atoms with van der Waals surface area (Å²) in [5, 5.41) is 7.69. The average Bonchev–Trinajstić information content (AvgIpc) is 3.31. The third-order valence-corrected chi connectivity index (χ3v) is 9.09. The van der Waals surface area contributed by atoms with E-state index in [1.54, 1.807) is 56.0 Å². The van der Waals surface area contributed by atoms with Gasteiger partial charge < -0.3 is 14.2 Å². The van der Waals surface area contributed by atoms with Crippen molar-refractivity contribution in [2.24, 2.45) is 15.9 Å². The van der Waals surface area contributed by atoms with Gasteiger partial charge in [-0.1, -0.05) is 18.6 Å². The van der Waals surface area contributed by atoms with Crippen LogP contribution in [0.1, 0.15) is 53.3 Å². The van der Waals surface area contributed by atoms with Crippen LogP contribution in [0.2, 0.25) is 0 Å². The van der Waals surface area contributed by atoms with Crippen molar-refractivity contribution in [3.05, 3.63) is 46.4 Å². The van der Waals surface area contributed by atoms with E-state index in [4.69, 9.17) is 14.2 Å². The maximum Gasteiger partial charge on any atom is 0.243 e. The van der Waals surface area contributed by atoms with Crippen LogP contribution < -0.4 is 14.2 Å². The highest BCUT2D eigenvalue weighted by Gasteiger charge is 2.36. The number of aliphatic imine (C=N–C) groups is 2. The lowest BCUT2D eigenvalue weighted by molar-refractivity contribution is 0.154. The summed E-state index contributed by atoms with van der Waals surface area (Å²) in [7, 11) is 0.424. The predicted octanol–water partition coefficient (Wildman–Crippen LogP) is 4.78. The lowest BCUT2D eigenvalue weighted by Crippen LogP contribution is -2.41. The molecule has 2 aromatic rings. The highest BCUT2D eigenvalue weighted by Crippen LogP contribution is 2.39. The van der Waals surface area contributed by atoms with Crippen LogP contribution in [0, 0.1) is 5.92 Å². The largest absolute Gasteiger partial charge is 0.494 e. The fraction of sp³-hybridized carbons (Fsp3) is 0.481. The SMILES string of the molecule is COc1cccc(OC)c1-n1c(NS(=O)(=O)[C@H](C)[C@H](OC)C(C)=N/C(C)=C(/C)S)nnc1C1C=NC=C(C)C1C.